The molecule has 4 aliphatic rings. The minimum absolute atomic E-state index is 0.281. The van der Waals surface area contributed by atoms with E-state index in [0.29, 0.717) is 86.9 Å². The van der Waals surface area contributed by atoms with Crippen LogP contribution < -0.4 is 34.1 Å². The lowest BCUT2D eigenvalue weighted by molar-refractivity contribution is -0.671. The number of pyridine rings is 1. The maximum atomic E-state index is 12.7. The number of hydrogen-bond acceptors (Lipinski definition) is 8. The number of ether oxygens (including phenoxy) is 6. The minimum Gasteiger partial charge on any atom is -0.492 e. The monoisotopic (exact) mass is 566 g/mol. The average molecular weight is 567 g/mol. The van der Waals surface area contributed by atoms with Gasteiger partial charge in [-0.15, -0.1) is 0 Å². The van der Waals surface area contributed by atoms with Gasteiger partial charge in [-0.25, -0.2) is 4.57 Å². The van der Waals surface area contributed by atoms with Gasteiger partial charge in [0.15, 0.2) is 12.4 Å². The third-order valence-corrected chi connectivity index (χ3v) is 5.85. The molecule has 5 heterocycles. The minimum atomic E-state index is -0.303. The number of hydrogen-bond donors (Lipinski definition) is 2. The number of aryl methyl sites for hydroxylation is 1. The molecule has 0 aliphatic carbocycles. The molecule has 0 radical (unpaired) electrons. The van der Waals surface area contributed by atoms with Crippen molar-refractivity contribution >= 4 is 11.8 Å². The summed E-state index contributed by atoms with van der Waals surface area (Å²) in [6.45, 7) is 3.78. The van der Waals surface area contributed by atoms with Crippen molar-refractivity contribution in [2.75, 3.05) is 65.9 Å². The lowest BCUT2D eigenvalue weighted by Gasteiger charge is -2.10. The van der Waals surface area contributed by atoms with E-state index < -0.39 is 0 Å². The normalized spacial score (nSPS) is 16.5. The van der Waals surface area contributed by atoms with Crippen LogP contribution in [-0.4, -0.2) is 77.8 Å². The molecule has 2 N–H and O–H groups in total. The van der Waals surface area contributed by atoms with Gasteiger partial charge in [0.05, 0.1) is 39.5 Å². The number of carbonyl (C=O) groups is 2. The summed E-state index contributed by atoms with van der Waals surface area (Å²) in [5.74, 6) is 2.11. The van der Waals surface area contributed by atoms with Crippen LogP contribution in [0, 0.1) is 0 Å². The first kappa shape index (κ1) is 29.6. The number of carbonyl (C=O) groups excluding carboxylic acids is 2. The zero-order valence-electron chi connectivity index (χ0n) is 23.1. The predicted molar refractivity (Wildman–Crippen MR) is 149 cm³/mol. The molecule has 2 aromatic carbocycles. The largest absolute Gasteiger partial charge is 0.492 e. The van der Waals surface area contributed by atoms with Crippen LogP contribution in [0.3, 0.4) is 0 Å². The van der Waals surface area contributed by atoms with Gasteiger partial charge in [0, 0.05) is 0 Å². The number of benzene rings is 2. The molecule has 0 saturated carbocycles. The summed E-state index contributed by atoms with van der Waals surface area (Å²) in [5, 5.41) is 5.64. The lowest BCUT2D eigenvalue weighted by atomic mass is 10.2. The number of amides is 2. The Morgan fingerprint density at radius 1 is 0.537 bits per heavy atom. The van der Waals surface area contributed by atoms with E-state index >= 15 is 0 Å². The van der Waals surface area contributed by atoms with Crippen molar-refractivity contribution in [2.45, 2.75) is 0 Å². The molecule has 0 saturated heterocycles. The smallest absolute Gasteiger partial charge is 0.257 e. The Balaban J connectivity index is 1.33. The van der Waals surface area contributed by atoms with Crippen molar-refractivity contribution in [1.82, 2.24) is 10.6 Å². The van der Waals surface area contributed by atoms with Crippen LogP contribution in [0.15, 0.2) is 67.0 Å². The van der Waals surface area contributed by atoms with Crippen molar-refractivity contribution < 1.29 is 42.6 Å². The van der Waals surface area contributed by atoms with Crippen LogP contribution in [0.2, 0.25) is 0 Å². The molecule has 41 heavy (non-hydrogen) atoms. The van der Waals surface area contributed by atoms with E-state index in [4.69, 9.17) is 28.4 Å². The second kappa shape index (κ2) is 16.0. The van der Waals surface area contributed by atoms with Gasteiger partial charge in [0.2, 0.25) is 0 Å². The molecule has 4 aliphatic heterocycles. The quantitative estimate of drug-likeness (QED) is 0.397. The number of nitrogens with one attached hydrogen (secondary N) is 2. The highest BCUT2D eigenvalue weighted by Gasteiger charge is 2.16. The fourth-order valence-electron chi connectivity index (χ4n) is 3.86. The van der Waals surface area contributed by atoms with Crippen molar-refractivity contribution in [3.8, 4) is 23.0 Å². The SMILES string of the molecule is C[n+]1cc2cc(c1)C(=O)NCCOc1ccc(cc1)OCCOCCOCCOc1ccc(cc1)OCCNC2=O. The summed E-state index contributed by atoms with van der Waals surface area (Å²) in [5.41, 5.74) is 0.734. The summed E-state index contributed by atoms with van der Waals surface area (Å²) in [4.78, 5) is 25.4. The van der Waals surface area contributed by atoms with Crippen molar-refractivity contribution in [3.05, 3.63) is 78.1 Å². The van der Waals surface area contributed by atoms with Crippen LogP contribution in [0.1, 0.15) is 20.7 Å². The highest BCUT2D eigenvalue weighted by molar-refractivity contribution is 5.98. The Hall–Kier alpha value is -4.35. The molecule has 2 amide bonds. The number of aromatic nitrogens is 1. The topological polar surface area (TPSA) is 117 Å². The van der Waals surface area contributed by atoms with Crippen LogP contribution in [0.25, 0.3) is 0 Å². The lowest BCUT2D eigenvalue weighted by Crippen LogP contribution is -2.36. The molecule has 1 aromatic heterocycles. The summed E-state index contributed by atoms with van der Waals surface area (Å²) in [6, 6.07) is 16.0. The Labute approximate surface area is 239 Å². The molecule has 11 nitrogen and oxygen atoms in total. The summed E-state index contributed by atoms with van der Waals surface area (Å²) < 4.78 is 35.6. The van der Waals surface area contributed by atoms with E-state index in [1.807, 2.05) is 24.3 Å². The molecule has 0 atom stereocenters. The third kappa shape index (κ3) is 10.3. The fraction of sp³-hybridized carbons (Fsp3) is 0.367. The zero-order valence-corrected chi connectivity index (χ0v) is 23.1. The van der Waals surface area contributed by atoms with E-state index in [1.54, 1.807) is 54.3 Å². The molecule has 6 bridgehead atoms. The Morgan fingerprint density at radius 2 is 0.878 bits per heavy atom. The van der Waals surface area contributed by atoms with E-state index in [2.05, 4.69) is 10.6 Å². The van der Waals surface area contributed by atoms with Gasteiger partial charge >= 0.3 is 0 Å². The Bertz CT molecular complexity index is 1160. The Kier molecular flexibility index (Phi) is 11.6. The molecule has 3 aromatic rings. The number of nitrogens with zero attached hydrogens (tertiary/aromatic N) is 1. The van der Waals surface area contributed by atoms with E-state index in [-0.39, 0.29) is 25.0 Å². The molecule has 218 valence electrons. The molecular formula is C30H36N3O8+. The second-order valence-electron chi connectivity index (χ2n) is 9.05. The maximum Gasteiger partial charge on any atom is 0.257 e. The standard InChI is InChI=1S/C30H35N3O8/c1-33-21-23-20-24(22-33)30(35)32-11-13-39-26-4-8-28(9-5-26)41-19-17-37-15-14-36-16-18-40-27-6-2-25(3-7-27)38-12-10-31-29(23)34/h2-9,20-22H,10-19H2,1H3,(H-,31,32,34,35)/p+1. The van der Waals surface area contributed by atoms with Gasteiger partial charge in [-0.05, 0) is 54.6 Å². The van der Waals surface area contributed by atoms with Crippen LogP contribution in [0.5, 0.6) is 23.0 Å². The molecule has 11 heteroatoms. The summed E-state index contributed by atoms with van der Waals surface area (Å²) in [6.07, 6.45) is 3.31. The van der Waals surface area contributed by atoms with Crippen molar-refractivity contribution in [1.29, 1.82) is 0 Å². The first-order chi connectivity index (χ1) is 20.1. The molecule has 0 unspecified atom stereocenters. The van der Waals surface area contributed by atoms with E-state index in [0.717, 1.165) is 0 Å². The molecule has 0 spiro atoms. The van der Waals surface area contributed by atoms with Gasteiger partial charge in [-0.1, -0.05) is 0 Å². The first-order valence-electron chi connectivity index (χ1n) is 13.5. The van der Waals surface area contributed by atoms with Gasteiger partial charge < -0.3 is 39.1 Å². The number of rotatable bonds is 0. The maximum absolute atomic E-state index is 12.7. The van der Waals surface area contributed by atoms with Gasteiger partial charge in [0.25, 0.3) is 11.8 Å². The van der Waals surface area contributed by atoms with Crippen molar-refractivity contribution in [3.63, 3.8) is 0 Å². The second-order valence-corrected chi connectivity index (χ2v) is 9.05. The first-order valence-corrected chi connectivity index (χ1v) is 13.5. The predicted octanol–water partition coefficient (Wildman–Crippen LogP) is 1.93. The Morgan fingerprint density at radius 3 is 1.27 bits per heavy atom. The van der Waals surface area contributed by atoms with Gasteiger partial charge in [-0.3, -0.25) is 9.59 Å². The van der Waals surface area contributed by atoms with Gasteiger partial charge in [-0.2, -0.15) is 0 Å². The molecule has 0 fully saturated rings. The van der Waals surface area contributed by atoms with E-state index in [9.17, 15) is 9.59 Å². The highest BCUT2D eigenvalue weighted by Crippen LogP contribution is 2.18. The third-order valence-electron chi connectivity index (χ3n) is 5.85. The molecular weight excluding hydrogens is 530 g/mol. The van der Waals surface area contributed by atoms with Gasteiger partial charge in [0.1, 0.15) is 67.6 Å². The summed E-state index contributed by atoms with van der Waals surface area (Å²) in [7, 11) is 1.76. The van der Waals surface area contributed by atoms with Crippen LogP contribution in [0.4, 0.5) is 0 Å². The zero-order chi connectivity index (χ0) is 28.7. The van der Waals surface area contributed by atoms with Crippen LogP contribution >= 0.6 is 0 Å². The van der Waals surface area contributed by atoms with Crippen molar-refractivity contribution in [2.24, 2.45) is 7.05 Å². The summed E-state index contributed by atoms with van der Waals surface area (Å²) >= 11 is 0. The fourth-order valence-corrected chi connectivity index (χ4v) is 3.86. The van der Waals surface area contributed by atoms with Crippen LogP contribution in [-0.2, 0) is 16.5 Å². The average Bonchev–Trinajstić information content (AvgIpc) is 2.99. The van der Waals surface area contributed by atoms with E-state index in [1.165, 1.54) is 0 Å². The molecule has 7 rings (SSSR count). The highest BCUT2D eigenvalue weighted by atomic mass is 16.6.